The van der Waals surface area contributed by atoms with Gasteiger partial charge in [0.15, 0.2) is 0 Å². The van der Waals surface area contributed by atoms with Crippen molar-refractivity contribution in [1.29, 1.82) is 0 Å². The van der Waals surface area contributed by atoms with Gasteiger partial charge >= 0.3 is 0 Å². The third-order valence-electron chi connectivity index (χ3n) is 4.03. The first-order chi connectivity index (χ1) is 10.4. The SMILES string of the molecule is CC(C)CCOc1cnc2c(N3CC(C)(O)C3)cccc2c1. The second-order valence-corrected chi connectivity index (χ2v) is 6.90. The molecule has 4 nitrogen and oxygen atoms in total. The highest BCUT2D eigenvalue weighted by molar-refractivity contribution is 5.91. The Kier molecular flexibility index (Phi) is 3.96. The molecule has 0 unspecified atom stereocenters. The fourth-order valence-corrected chi connectivity index (χ4v) is 2.82. The van der Waals surface area contributed by atoms with E-state index in [-0.39, 0.29) is 0 Å². The Bertz CT molecular complexity index is 659. The van der Waals surface area contributed by atoms with Crippen LogP contribution in [0.1, 0.15) is 27.2 Å². The van der Waals surface area contributed by atoms with Gasteiger partial charge in [-0.25, -0.2) is 0 Å². The Balaban J connectivity index is 1.79. The molecule has 1 fully saturated rings. The van der Waals surface area contributed by atoms with Crippen LogP contribution in [0.25, 0.3) is 10.9 Å². The van der Waals surface area contributed by atoms with Crippen LogP contribution in [0.5, 0.6) is 5.75 Å². The molecule has 1 saturated heterocycles. The van der Waals surface area contributed by atoms with E-state index in [9.17, 15) is 5.11 Å². The zero-order valence-corrected chi connectivity index (χ0v) is 13.5. The molecule has 118 valence electrons. The summed E-state index contributed by atoms with van der Waals surface area (Å²) in [6, 6.07) is 8.19. The van der Waals surface area contributed by atoms with Crippen molar-refractivity contribution in [2.24, 2.45) is 5.92 Å². The van der Waals surface area contributed by atoms with Crippen LogP contribution < -0.4 is 9.64 Å². The molecule has 1 N–H and O–H groups in total. The Morgan fingerprint density at radius 3 is 2.82 bits per heavy atom. The molecule has 1 aromatic heterocycles. The molecule has 0 aliphatic carbocycles. The van der Waals surface area contributed by atoms with Crippen molar-refractivity contribution in [1.82, 2.24) is 4.98 Å². The molecule has 0 spiro atoms. The van der Waals surface area contributed by atoms with Crippen LogP contribution in [0.15, 0.2) is 30.5 Å². The highest BCUT2D eigenvalue weighted by atomic mass is 16.5. The van der Waals surface area contributed by atoms with Gasteiger partial charge in [0.25, 0.3) is 0 Å². The van der Waals surface area contributed by atoms with Gasteiger partial charge in [0.1, 0.15) is 5.75 Å². The minimum absolute atomic E-state index is 0.581. The van der Waals surface area contributed by atoms with Crippen molar-refractivity contribution in [3.8, 4) is 5.75 Å². The number of anilines is 1. The number of aromatic nitrogens is 1. The van der Waals surface area contributed by atoms with Crippen LogP contribution in [0.2, 0.25) is 0 Å². The third-order valence-corrected chi connectivity index (χ3v) is 4.03. The van der Waals surface area contributed by atoms with Crippen LogP contribution in [0, 0.1) is 5.92 Å². The number of hydrogen-bond acceptors (Lipinski definition) is 4. The number of rotatable bonds is 5. The molecule has 1 aliphatic rings. The molecule has 1 aliphatic heterocycles. The number of benzene rings is 1. The third kappa shape index (κ3) is 3.17. The van der Waals surface area contributed by atoms with E-state index in [0.717, 1.165) is 35.4 Å². The highest BCUT2D eigenvalue weighted by Gasteiger charge is 2.37. The van der Waals surface area contributed by atoms with Gasteiger partial charge < -0.3 is 14.7 Å². The van der Waals surface area contributed by atoms with E-state index in [2.05, 4.69) is 35.9 Å². The quantitative estimate of drug-likeness (QED) is 0.921. The summed E-state index contributed by atoms with van der Waals surface area (Å²) in [6.07, 6.45) is 2.84. The van der Waals surface area contributed by atoms with Gasteiger partial charge in [-0.3, -0.25) is 4.98 Å². The van der Waals surface area contributed by atoms with Crippen LogP contribution >= 0.6 is 0 Å². The van der Waals surface area contributed by atoms with Gasteiger partial charge in [0, 0.05) is 18.5 Å². The second kappa shape index (κ2) is 5.76. The maximum atomic E-state index is 9.92. The maximum absolute atomic E-state index is 9.92. The van der Waals surface area contributed by atoms with Crippen molar-refractivity contribution < 1.29 is 9.84 Å². The van der Waals surface area contributed by atoms with E-state index in [1.54, 1.807) is 6.20 Å². The van der Waals surface area contributed by atoms with Gasteiger partial charge in [-0.1, -0.05) is 26.0 Å². The molecule has 0 saturated carbocycles. The van der Waals surface area contributed by atoms with Crippen molar-refractivity contribution in [3.05, 3.63) is 30.5 Å². The van der Waals surface area contributed by atoms with Crippen molar-refractivity contribution >= 4 is 16.6 Å². The Labute approximate surface area is 131 Å². The zero-order chi connectivity index (χ0) is 15.7. The molecule has 1 aromatic carbocycles. The Morgan fingerprint density at radius 1 is 1.36 bits per heavy atom. The summed E-state index contributed by atoms with van der Waals surface area (Å²) < 4.78 is 5.78. The lowest BCUT2D eigenvalue weighted by Gasteiger charge is -2.45. The monoisotopic (exact) mass is 300 g/mol. The second-order valence-electron chi connectivity index (χ2n) is 6.90. The molecule has 22 heavy (non-hydrogen) atoms. The van der Waals surface area contributed by atoms with Gasteiger partial charge in [-0.15, -0.1) is 0 Å². The number of aliphatic hydroxyl groups is 1. The number of nitrogens with zero attached hydrogens (tertiary/aromatic N) is 2. The number of ether oxygens (including phenoxy) is 1. The predicted molar refractivity (Wildman–Crippen MR) is 89.5 cm³/mol. The molecular weight excluding hydrogens is 276 g/mol. The van der Waals surface area contributed by atoms with Crippen molar-refractivity contribution in [2.45, 2.75) is 32.8 Å². The highest BCUT2D eigenvalue weighted by Crippen LogP contribution is 2.33. The molecule has 0 amide bonds. The minimum atomic E-state index is -0.581. The average Bonchev–Trinajstić information content (AvgIpc) is 2.43. The number of hydrogen-bond donors (Lipinski definition) is 1. The van der Waals surface area contributed by atoms with Crippen molar-refractivity contribution in [2.75, 3.05) is 24.6 Å². The lowest BCUT2D eigenvalue weighted by atomic mass is 9.95. The molecule has 0 atom stereocenters. The average molecular weight is 300 g/mol. The first-order valence-corrected chi connectivity index (χ1v) is 7.93. The number of fused-ring (bicyclic) bond motifs is 1. The van der Waals surface area contributed by atoms with E-state index >= 15 is 0 Å². The van der Waals surface area contributed by atoms with Gasteiger partial charge in [-0.2, -0.15) is 0 Å². The number of para-hydroxylation sites is 1. The van der Waals surface area contributed by atoms with Crippen molar-refractivity contribution in [3.63, 3.8) is 0 Å². The van der Waals surface area contributed by atoms with E-state index in [1.807, 2.05) is 19.1 Å². The summed E-state index contributed by atoms with van der Waals surface area (Å²) in [4.78, 5) is 6.74. The minimum Gasteiger partial charge on any atom is -0.492 e. The number of β-amino-alcohol motifs (C(OH)–C–C–N with tert-alkyl or cyclic N) is 1. The molecule has 0 radical (unpaired) electrons. The first-order valence-electron chi connectivity index (χ1n) is 7.93. The maximum Gasteiger partial charge on any atom is 0.138 e. The Hall–Kier alpha value is -1.81. The molecule has 0 bridgehead atoms. The lowest BCUT2D eigenvalue weighted by Crippen LogP contribution is -2.60. The van der Waals surface area contributed by atoms with Crippen LogP contribution in [0.3, 0.4) is 0 Å². The Morgan fingerprint density at radius 2 is 2.14 bits per heavy atom. The summed E-state index contributed by atoms with van der Waals surface area (Å²) in [5, 5.41) is 11.0. The smallest absolute Gasteiger partial charge is 0.138 e. The summed E-state index contributed by atoms with van der Waals surface area (Å²) in [6.45, 7) is 8.27. The van der Waals surface area contributed by atoms with E-state index in [0.29, 0.717) is 19.0 Å². The molecule has 4 heteroatoms. The summed E-state index contributed by atoms with van der Waals surface area (Å²) in [7, 11) is 0. The largest absolute Gasteiger partial charge is 0.492 e. The molecule has 2 aromatic rings. The van der Waals surface area contributed by atoms with Gasteiger partial charge in [0.05, 0.1) is 29.6 Å². The van der Waals surface area contributed by atoms with E-state index in [4.69, 9.17) is 4.74 Å². The molecule has 3 rings (SSSR count). The zero-order valence-electron chi connectivity index (χ0n) is 13.5. The van der Waals surface area contributed by atoms with Gasteiger partial charge in [0.2, 0.25) is 0 Å². The number of pyridine rings is 1. The summed E-state index contributed by atoms with van der Waals surface area (Å²) in [5.74, 6) is 1.46. The van der Waals surface area contributed by atoms with Crippen LogP contribution in [-0.2, 0) is 0 Å². The summed E-state index contributed by atoms with van der Waals surface area (Å²) in [5.41, 5.74) is 1.47. The van der Waals surface area contributed by atoms with Crippen LogP contribution in [0.4, 0.5) is 5.69 Å². The molecular formula is C18H24N2O2. The standard InChI is InChI=1S/C18H24N2O2/c1-13(2)7-8-22-15-9-14-5-4-6-16(17(14)19-10-15)20-11-18(3,21)12-20/h4-6,9-10,13,21H,7-8,11-12H2,1-3H3. The predicted octanol–water partition coefficient (Wildman–Crippen LogP) is 3.23. The lowest BCUT2D eigenvalue weighted by molar-refractivity contribution is 0.0312. The van der Waals surface area contributed by atoms with Gasteiger partial charge in [-0.05, 0) is 31.4 Å². The van der Waals surface area contributed by atoms with E-state index in [1.165, 1.54) is 0 Å². The topological polar surface area (TPSA) is 45.6 Å². The molecule has 2 heterocycles. The van der Waals surface area contributed by atoms with E-state index < -0.39 is 5.60 Å². The fraction of sp³-hybridized carbons (Fsp3) is 0.500. The van der Waals surface area contributed by atoms with Crippen LogP contribution in [-0.4, -0.2) is 35.4 Å². The first kappa shape index (κ1) is 15.1. The summed E-state index contributed by atoms with van der Waals surface area (Å²) >= 11 is 0. The fourth-order valence-electron chi connectivity index (χ4n) is 2.82. The normalized spacial score (nSPS) is 16.9.